The normalized spacial score (nSPS) is 20.2. The highest BCUT2D eigenvalue weighted by Crippen LogP contribution is 2.41. The largest absolute Gasteiger partial charge is 0.324 e. The summed E-state index contributed by atoms with van der Waals surface area (Å²) >= 11 is 0. The van der Waals surface area contributed by atoms with Gasteiger partial charge in [0, 0.05) is 41.8 Å². The Morgan fingerprint density at radius 1 is 1.17 bits per heavy atom. The van der Waals surface area contributed by atoms with E-state index in [1.807, 2.05) is 26.0 Å². The van der Waals surface area contributed by atoms with Gasteiger partial charge in [0.25, 0.3) is 0 Å². The number of rotatable bonds is 6. The third-order valence-electron chi connectivity index (χ3n) is 7.27. The number of carbonyl (C=O) groups is 1. The van der Waals surface area contributed by atoms with Gasteiger partial charge in [0.2, 0.25) is 5.91 Å². The minimum atomic E-state index is -0.799. The molecule has 0 bridgehead atoms. The molecule has 2 aliphatic rings. The number of fused-ring (bicyclic) bond motifs is 2. The first kappa shape index (κ1) is 21.8. The van der Waals surface area contributed by atoms with Crippen LogP contribution in [0.15, 0.2) is 36.9 Å². The predicted molar refractivity (Wildman–Crippen MR) is 133 cm³/mol. The fourth-order valence-corrected chi connectivity index (χ4v) is 5.07. The summed E-state index contributed by atoms with van der Waals surface area (Å²) in [5.41, 5.74) is 4.89. The lowest BCUT2D eigenvalue weighted by Crippen LogP contribution is -2.50. The molecule has 0 unspecified atom stereocenters. The maximum absolute atomic E-state index is 13.0. The van der Waals surface area contributed by atoms with Gasteiger partial charge in [-0.2, -0.15) is 0 Å². The molecule has 1 aliphatic carbocycles. The second kappa shape index (κ2) is 7.91. The second-order valence-electron chi connectivity index (χ2n) is 9.70. The van der Waals surface area contributed by atoms with E-state index in [9.17, 15) is 4.79 Å². The highest BCUT2D eigenvalue weighted by Gasteiger charge is 2.45. The number of benzene rings is 1. The summed E-state index contributed by atoms with van der Waals surface area (Å²) in [5.74, 6) is 2.08. The van der Waals surface area contributed by atoms with E-state index in [4.69, 9.17) is 4.98 Å². The summed E-state index contributed by atoms with van der Waals surface area (Å²) in [5, 5.41) is 6.66. The molecule has 0 spiro atoms. The molecule has 2 N–H and O–H groups in total. The van der Waals surface area contributed by atoms with E-state index in [0.29, 0.717) is 23.8 Å². The highest BCUT2D eigenvalue weighted by molar-refractivity contribution is 6.06. The maximum atomic E-state index is 13.0. The molecular formula is C26H28N8O. The van der Waals surface area contributed by atoms with Crippen molar-refractivity contribution in [3.63, 3.8) is 0 Å². The molecule has 1 aromatic carbocycles. The van der Waals surface area contributed by atoms with Gasteiger partial charge in [-0.05, 0) is 58.6 Å². The summed E-state index contributed by atoms with van der Waals surface area (Å²) in [7, 11) is 0. The Balaban J connectivity index is 1.47. The first-order valence-electron chi connectivity index (χ1n) is 12.1. The molecule has 9 heteroatoms. The van der Waals surface area contributed by atoms with Crippen molar-refractivity contribution in [3.05, 3.63) is 48.3 Å². The van der Waals surface area contributed by atoms with Crippen molar-refractivity contribution < 1.29 is 4.79 Å². The van der Waals surface area contributed by atoms with Crippen molar-refractivity contribution in [2.24, 2.45) is 5.92 Å². The van der Waals surface area contributed by atoms with Gasteiger partial charge in [0.1, 0.15) is 34.7 Å². The van der Waals surface area contributed by atoms with Crippen LogP contribution in [-0.2, 0) is 16.9 Å². The van der Waals surface area contributed by atoms with Crippen molar-refractivity contribution in [1.29, 1.82) is 0 Å². The number of aromatic nitrogens is 6. The number of hydrogen-bond acceptors (Lipinski definition) is 7. The Morgan fingerprint density at radius 2 is 1.94 bits per heavy atom. The molecular weight excluding hydrogens is 440 g/mol. The smallest absolute Gasteiger partial charge is 0.249 e. The highest BCUT2D eigenvalue weighted by atomic mass is 16.2. The van der Waals surface area contributed by atoms with Gasteiger partial charge in [0.15, 0.2) is 5.65 Å². The van der Waals surface area contributed by atoms with E-state index in [1.54, 1.807) is 18.7 Å². The van der Waals surface area contributed by atoms with Gasteiger partial charge in [-0.3, -0.25) is 10.1 Å². The quantitative estimate of drug-likeness (QED) is 0.442. The van der Waals surface area contributed by atoms with Crippen molar-refractivity contribution in [2.45, 2.75) is 58.7 Å². The van der Waals surface area contributed by atoms with E-state index < -0.39 is 5.54 Å². The summed E-state index contributed by atoms with van der Waals surface area (Å²) in [6, 6.07) is 6.26. The van der Waals surface area contributed by atoms with Crippen LogP contribution in [0.1, 0.15) is 45.0 Å². The molecule has 178 valence electrons. The molecule has 3 aromatic heterocycles. The second-order valence-corrected chi connectivity index (χ2v) is 9.70. The lowest BCUT2D eigenvalue weighted by molar-refractivity contribution is -0.121. The summed E-state index contributed by atoms with van der Waals surface area (Å²) in [6.45, 7) is 8.75. The van der Waals surface area contributed by atoms with Crippen LogP contribution in [0.25, 0.3) is 33.8 Å². The molecule has 9 nitrogen and oxygen atoms in total. The van der Waals surface area contributed by atoms with E-state index in [2.05, 4.69) is 55.1 Å². The van der Waals surface area contributed by atoms with E-state index in [0.717, 1.165) is 39.5 Å². The number of hydrogen-bond donors (Lipinski definition) is 2. The maximum Gasteiger partial charge on any atom is 0.249 e. The zero-order valence-corrected chi connectivity index (χ0v) is 20.3. The third-order valence-corrected chi connectivity index (χ3v) is 7.27. The zero-order valence-electron chi connectivity index (χ0n) is 20.3. The monoisotopic (exact) mass is 468 g/mol. The number of aryl methyl sites for hydroxylation is 2. The standard InChI is InChI=1S/C26H28N8O/c1-5-34-23(18-11-27-15(3)28-12-18)32-22-21(29-13-30-24(22)34)17-8-9-20-19(10-17)26(4,25(35)31-20)33-14(2)16-6-7-16/h8-14,16,33H,5-7H2,1-4H3,(H,31,35)/t14-,26-/m0/s1. The molecule has 1 amide bonds. The minimum Gasteiger partial charge on any atom is -0.324 e. The van der Waals surface area contributed by atoms with E-state index >= 15 is 0 Å². The summed E-state index contributed by atoms with van der Waals surface area (Å²) < 4.78 is 2.05. The van der Waals surface area contributed by atoms with Crippen LogP contribution in [0.3, 0.4) is 0 Å². The Labute approximate surface area is 203 Å². The number of amides is 1. The van der Waals surface area contributed by atoms with Crippen LogP contribution < -0.4 is 10.6 Å². The van der Waals surface area contributed by atoms with Crippen LogP contribution in [-0.4, -0.2) is 41.4 Å². The lowest BCUT2D eigenvalue weighted by Gasteiger charge is -2.28. The molecule has 1 aliphatic heterocycles. The molecule has 1 fully saturated rings. The Bertz CT molecular complexity index is 1460. The van der Waals surface area contributed by atoms with Crippen LogP contribution in [0.5, 0.6) is 0 Å². The van der Waals surface area contributed by atoms with Crippen LogP contribution in [0.2, 0.25) is 0 Å². The zero-order chi connectivity index (χ0) is 24.3. The number of imidazole rings is 1. The number of nitrogens with one attached hydrogen (secondary N) is 2. The molecule has 35 heavy (non-hydrogen) atoms. The van der Waals surface area contributed by atoms with E-state index in [-0.39, 0.29) is 11.9 Å². The van der Waals surface area contributed by atoms with Crippen molar-refractivity contribution in [2.75, 3.05) is 5.32 Å². The molecule has 2 atom stereocenters. The Kier molecular flexibility index (Phi) is 4.93. The van der Waals surface area contributed by atoms with Crippen molar-refractivity contribution >= 4 is 22.8 Å². The fraction of sp³-hybridized carbons (Fsp3) is 0.385. The predicted octanol–water partition coefficient (Wildman–Crippen LogP) is 3.83. The minimum absolute atomic E-state index is 0.0260. The fourth-order valence-electron chi connectivity index (χ4n) is 5.07. The topological polar surface area (TPSA) is 111 Å². The SMILES string of the molecule is CCn1c(-c2cnc(C)nc2)nc2c(-c3ccc4c(c3)[C@](C)(N[C@@H](C)C3CC3)C(=O)N4)ncnc21. The first-order valence-corrected chi connectivity index (χ1v) is 12.1. The van der Waals surface area contributed by atoms with Crippen LogP contribution >= 0.6 is 0 Å². The van der Waals surface area contributed by atoms with Crippen LogP contribution in [0, 0.1) is 12.8 Å². The lowest BCUT2D eigenvalue weighted by atomic mass is 9.90. The molecule has 0 saturated heterocycles. The van der Waals surface area contributed by atoms with Gasteiger partial charge in [-0.1, -0.05) is 6.07 Å². The number of carbonyl (C=O) groups excluding carboxylic acids is 1. The first-order chi connectivity index (χ1) is 16.9. The van der Waals surface area contributed by atoms with Gasteiger partial charge >= 0.3 is 0 Å². The van der Waals surface area contributed by atoms with E-state index in [1.165, 1.54) is 12.8 Å². The average Bonchev–Trinajstić information content (AvgIpc) is 3.60. The summed E-state index contributed by atoms with van der Waals surface area (Å²) in [4.78, 5) is 35.8. The third kappa shape index (κ3) is 3.49. The number of anilines is 1. The van der Waals surface area contributed by atoms with Gasteiger partial charge in [-0.15, -0.1) is 0 Å². The summed E-state index contributed by atoms with van der Waals surface area (Å²) in [6.07, 6.45) is 7.57. The molecule has 4 heterocycles. The van der Waals surface area contributed by atoms with Crippen molar-refractivity contribution in [3.8, 4) is 22.6 Å². The van der Waals surface area contributed by atoms with Crippen LogP contribution in [0.4, 0.5) is 5.69 Å². The molecule has 4 aromatic rings. The molecule has 0 radical (unpaired) electrons. The van der Waals surface area contributed by atoms with Gasteiger partial charge < -0.3 is 9.88 Å². The molecule has 6 rings (SSSR count). The van der Waals surface area contributed by atoms with Gasteiger partial charge in [0.05, 0.1) is 5.56 Å². The number of nitrogens with zero attached hydrogens (tertiary/aromatic N) is 6. The van der Waals surface area contributed by atoms with Crippen molar-refractivity contribution in [1.82, 2.24) is 34.8 Å². The Morgan fingerprint density at radius 3 is 2.66 bits per heavy atom. The molecule has 1 saturated carbocycles. The van der Waals surface area contributed by atoms with Gasteiger partial charge in [-0.25, -0.2) is 24.9 Å². The Hall–Kier alpha value is -3.72. The average molecular weight is 469 g/mol.